The molecule has 0 aliphatic heterocycles. The average Bonchev–Trinajstić information content (AvgIpc) is 2.99. The molecule has 1 N–H and O–H groups in total. The van der Waals surface area contributed by atoms with Crippen molar-refractivity contribution in [3.05, 3.63) is 70.6 Å². The van der Waals surface area contributed by atoms with Gasteiger partial charge in [-0.2, -0.15) is 0 Å². The molecule has 0 bridgehead atoms. The Hall–Kier alpha value is -2.46. The van der Waals surface area contributed by atoms with Gasteiger partial charge in [-0.15, -0.1) is 11.3 Å². The molecule has 0 spiro atoms. The molecule has 24 heavy (non-hydrogen) atoms. The van der Waals surface area contributed by atoms with Gasteiger partial charge < -0.3 is 0 Å². The predicted octanol–water partition coefficient (Wildman–Crippen LogP) is 5.32. The van der Waals surface area contributed by atoms with Gasteiger partial charge in [-0.1, -0.05) is 61.4 Å². The van der Waals surface area contributed by atoms with Gasteiger partial charge >= 0.3 is 0 Å². The molecular formula is C20H20N2OS. The minimum absolute atomic E-state index is 0.122. The summed E-state index contributed by atoms with van der Waals surface area (Å²) in [5.41, 5.74) is 3.94. The van der Waals surface area contributed by atoms with E-state index in [9.17, 15) is 4.79 Å². The van der Waals surface area contributed by atoms with E-state index in [-0.39, 0.29) is 5.91 Å². The SMILES string of the molecule is CCCc1sc(NC(=O)c2ccccc2)nc1-c1ccc(C)cc1. The zero-order valence-electron chi connectivity index (χ0n) is 13.9. The lowest BCUT2D eigenvalue weighted by Gasteiger charge is -2.02. The van der Waals surface area contributed by atoms with Crippen molar-refractivity contribution in [3.63, 3.8) is 0 Å². The van der Waals surface area contributed by atoms with Crippen molar-refractivity contribution in [3.8, 4) is 11.3 Å². The number of hydrogen-bond donors (Lipinski definition) is 1. The Morgan fingerprint density at radius 2 is 1.79 bits per heavy atom. The highest BCUT2D eigenvalue weighted by Gasteiger charge is 2.15. The van der Waals surface area contributed by atoms with E-state index in [1.165, 1.54) is 10.4 Å². The number of benzene rings is 2. The largest absolute Gasteiger partial charge is 0.298 e. The lowest BCUT2D eigenvalue weighted by molar-refractivity contribution is 0.102. The van der Waals surface area contributed by atoms with Crippen LogP contribution in [0.1, 0.15) is 34.1 Å². The van der Waals surface area contributed by atoms with Gasteiger partial charge in [0.05, 0.1) is 5.69 Å². The zero-order valence-corrected chi connectivity index (χ0v) is 14.7. The Labute approximate surface area is 146 Å². The third-order valence-electron chi connectivity index (χ3n) is 3.76. The quantitative estimate of drug-likeness (QED) is 0.685. The van der Waals surface area contributed by atoms with Crippen molar-refractivity contribution in [2.45, 2.75) is 26.7 Å². The monoisotopic (exact) mass is 336 g/mol. The van der Waals surface area contributed by atoms with E-state index in [0.29, 0.717) is 10.7 Å². The standard InChI is InChI=1S/C20H20N2OS/c1-3-7-17-18(15-12-10-14(2)11-13-15)21-20(24-17)22-19(23)16-8-5-4-6-9-16/h4-6,8-13H,3,7H2,1-2H3,(H,21,22,23). The van der Waals surface area contributed by atoms with Crippen LogP contribution < -0.4 is 5.32 Å². The van der Waals surface area contributed by atoms with Crippen molar-refractivity contribution in [2.24, 2.45) is 0 Å². The number of amides is 1. The number of aryl methyl sites for hydroxylation is 2. The smallest absolute Gasteiger partial charge is 0.257 e. The van der Waals surface area contributed by atoms with Crippen LogP contribution in [0.3, 0.4) is 0 Å². The number of carbonyl (C=O) groups is 1. The first-order valence-corrected chi connectivity index (χ1v) is 8.92. The Morgan fingerprint density at radius 3 is 2.46 bits per heavy atom. The van der Waals surface area contributed by atoms with Gasteiger partial charge in [-0.25, -0.2) is 4.98 Å². The van der Waals surface area contributed by atoms with Crippen LogP contribution in [-0.2, 0) is 6.42 Å². The number of aromatic nitrogens is 1. The van der Waals surface area contributed by atoms with Crippen molar-refractivity contribution in [2.75, 3.05) is 5.32 Å². The molecule has 0 fully saturated rings. The maximum absolute atomic E-state index is 12.3. The van der Waals surface area contributed by atoms with Crippen LogP contribution in [0.25, 0.3) is 11.3 Å². The molecule has 0 unspecified atom stereocenters. The molecule has 1 amide bonds. The molecule has 0 radical (unpaired) electrons. The van der Waals surface area contributed by atoms with Gasteiger partial charge in [-0.3, -0.25) is 10.1 Å². The molecule has 0 saturated carbocycles. The van der Waals surface area contributed by atoms with Crippen LogP contribution in [0.15, 0.2) is 54.6 Å². The molecule has 3 rings (SSSR count). The lowest BCUT2D eigenvalue weighted by Crippen LogP contribution is -2.11. The Balaban J connectivity index is 1.88. The van der Waals surface area contributed by atoms with E-state index in [0.717, 1.165) is 24.1 Å². The van der Waals surface area contributed by atoms with E-state index in [4.69, 9.17) is 0 Å². The maximum atomic E-state index is 12.3. The summed E-state index contributed by atoms with van der Waals surface area (Å²) in [5.74, 6) is -0.122. The first-order valence-electron chi connectivity index (χ1n) is 8.10. The third-order valence-corrected chi connectivity index (χ3v) is 4.79. The van der Waals surface area contributed by atoms with Crippen molar-refractivity contribution in [1.29, 1.82) is 0 Å². The highest BCUT2D eigenvalue weighted by Crippen LogP contribution is 2.32. The fourth-order valence-corrected chi connectivity index (χ4v) is 3.58. The normalized spacial score (nSPS) is 10.6. The summed E-state index contributed by atoms with van der Waals surface area (Å²) < 4.78 is 0. The number of thiazole rings is 1. The molecule has 0 aliphatic carbocycles. The summed E-state index contributed by atoms with van der Waals surface area (Å²) in [6.07, 6.45) is 2.01. The van der Waals surface area contributed by atoms with Gasteiger partial charge in [-0.05, 0) is 25.5 Å². The van der Waals surface area contributed by atoms with Gasteiger partial charge in [0.15, 0.2) is 5.13 Å². The van der Waals surface area contributed by atoms with Crippen molar-refractivity contribution < 1.29 is 4.79 Å². The van der Waals surface area contributed by atoms with Crippen LogP contribution in [0.5, 0.6) is 0 Å². The van der Waals surface area contributed by atoms with Crippen LogP contribution in [0.2, 0.25) is 0 Å². The van der Waals surface area contributed by atoms with E-state index >= 15 is 0 Å². The first-order chi connectivity index (χ1) is 11.7. The molecule has 0 saturated heterocycles. The number of nitrogens with zero attached hydrogens (tertiary/aromatic N) is 1. The number of carbonyl (C=O) groups excluding carboxylic acids is 1. The molecule has 3 nitrogen and oxygen atoms in total. The molecule has 4 heteroatoms. The fourth-order valence-electron chi connectivity index (χ4n) is 2.50. The number of hydrogen-bond acceptors (Lipinski definition) is 3. The van der Waals surface area contributed by atoms with E-state index in [2.05, 4.69) is 48.4 Å². The summed E-state index contributed by atoms with van der Waals surface area (Å²) in [6, 6.07) is 17.6. The van der Waals surface area contributed by atoms with Crippen LogP contribution in [0, 0.1) is 6.92 Å². The summed E-state index contributed by atoms with van der Waals surface area (Å²) in [4.78, 5) is 18.2. The Bertz CT molecular complexity index is 823. The van der Waals surface area contributed by atoms with Crippen LogP contribution >= 0.6 is 11.3 Å². The second-order valence-corrected chi connectivity index (χ2v) is 6.81. The summed E-state index contributed by atoms with van der Waals surface area (Å²) in [6.45, 7) is 4.23. The Morgan fingerprint density at radius 1 is 1.08 bits per heavy atom. The van der Waals surface area contributed by atoms with Gasteiger partial charge in [0.1, 0.15) is 0 Å². The number of anilines is 1. The van der Waals surface area contributed by atoms with Gasteiger partial charge in [0, 0.05) is 16.0 Å². The molecule has 1 heterocycles. The van der Waals surface area contributed by atoms with Crippen LogP contribution in [-0.4, -0.2) is 10.9 Å². The Kier molecular flexibility index (Phi) is 5.06. The molecule has 0 aliphatic rings. The van der Waals surface area contributed by atoms with Crippen molar-refractivity contribution >= 4 is 22.4 Å². The fraction of sp³-hybridized carbons (Fsp3) is 0.200. The number of rotatable bonds is 5. The summed E-state index contributed by atoms with van der Waals surface area (Å²) >= 11 is 1.56. The van der Waals surface area contributed by atoms with Crippen molar-refractivity contribution in [1.82, 2.24) is 4.98 Å². The van der Waals surface area contributed by atoms with E-state index < -0.39 is 0 Å². The van der Waals surface area contributed by atoms with Gasteiger partial charge in [0.25, 0.3) is 5.91 Å². The second-order valence-electron chi connectivity index (χ2n) is 5.73. The molecule has 2 aromatic carbocycles. The van der Waals surface area contributed by atoms with Gasteiger partial charge in [0.2, 0.25) is 0 Å². The number of nitrogens with one attached hydrogen (secondary N) is 1. The highest BCUT2D eigenvalue weighted by molar-refractivity contribution is 7.16. The second kappa shape index (κ2) is 7.41. The zero-order chi connectivity index (χ0) is 16.9. The highest BCUT2D eigenvalue weighted by atomic mass is 32.1. The third kappa shape index (κ3) is 3.71. The first kappa shape index (κ1) is 16.4. The maximum Gasteiger partial charge on any atom is 0.257 e. The van der Waals surface area contributed by atoms with Crippen LogP contribution in [0.4, 0.5) is 5.13 Å². The summed E-state index contributed by atoms with van der Waals surface area (Å²) in [7, 11) is 0. The predicted molar refractivity (Wildman–Crippen MR) is 101 cm³/mol. The van der Waals surface area contributed by atoms with E-state index in [1.54, 1.807) is 23.5 Å². The molecule has 1 aromatic heterocycles. The minimum Gasteiger partial charge on any atom is -0.298 e. The summed E-state index contributed by atoms with van der Waals surface area (Å²) in [5, 5.41) is 3.58. The molecule has 3 aromatic rings. The van der Waals surface area contributed by atoms with E-state index in [1.807, 2.05) is 18.2 Å². The lowest BCUT2D eigenvalue weighted by atomic mass is 10.1. The molecule has 122 valence electrons. The molecular weight excluding hydrogens is 316 g/mol. The molecule has 0 atom stereocenters. The average molecular weight is 336 g/mol. The topological polar surface area (TPSA) is 42.0 Å². The minimum atomic E-state index is -0.122.